The molecular formula is C16H12N2O3. The first-order chi connectivity index (χ1) is 10.1. The third-order valence-corrected chi connectivity index (χ3v) is 3.09. The van der Waals surface area contributed by atoms with Crippen LogP contribution < -0.4 is 0 Å². The van der Waals surface area contributed by atoms with Crippen molar-refractivity contribution in [3.8, 4) is 22.7 Å². The van der Waals surface area contributed by atoms with Gasteiger partial charge in [0.25, 0.3) is 0 Å². The molecule has 104 valence electrons. The number of carboxylic acid groups (broad SMARTS) is 1. The van der Waals surface area contributed by atoms with Crippen LogP contribution >= 0.6 is 0 Å². The number of aromatic hydroxyl groups is 1. The number of phenolic OH excluding ortho intramolecular Hbond substituents is 1. The molecule has 21 heavy (non-hydrogen) atoms. The minimum Gasteiger partial charge on any atom is -0.508 e. The summed E-state index contributed by atoms with van der Waals surface area (Å²) in [6.45, 7) is 0. The molecule has 0 aliphatic rings. The van der Waals surface area contributed by atoms with E-state index in [1.165, 1.54) is 22.9 Å². The zero-order chi connectivity index (χ0) is 14.8. The minimum absolute atomic E-state index is 0.0690. The molecule has 2 aromatic carbocycles. The number of carbonyl (C=O) groups is 1. The average Bonchev–Trinajstić information content (AvgIpc) is 2.94. The Morgan fingerprint density at radius 3 is 2.29 bits per heavy atom. The molecule has 3 aromatic rings. The molecular weight excluding hydrogens is 268 g/mol. The van der Waals surface area contributed by atoms with E-state index in [-0.39, 0.29) is 11.4 Å². The third-order valence-electron chi connectivity index (χ3n) is 3.09. The number of aromatic nitrogens is 2. The second-order valence-corrected chi connectivity index (χ2v) is 4.51. The SMILES string of the molecule is O=C(O)c1cc(-c2ccccc2)nn1-c1ccc(O)cc1. The Balaban J connectivity index is 2.14. The van der Waals surface area contributed by atoms with Gasteiger partial charge in [0.15, 0.2) is 5.69 Å². The average molecular weight is 280 g/mol. The lowest BCUT2D eigenvalue weighted by Crippen LogP contribution is -2.07. The first-order valence-corrected chi connectivity index (χ1v) is 6.33. The Morgan fingerprint density at radius 2 is 1.67 bits per heavy atom. The van der Waals surface area contributed by atoms with Gasteiger partial charge in [-0.25, -0.2) is 9.48 Å². The molecule has 0 atom stereocenters. The highest BCUT2D eigenvalue weighted by Gasteiger charge is 2.16. The molecule has 0 aliphatic heterocycles. The second-order valence-electron chi connectivity index (χ2n) is 4.51. The standard InChI is InChI=1S/C16H12N2O3/c19-13-8-6-12(7-9-13)18-15(16(20)21)10-14(17-18)11-4-2-1-3-5-11/h1-10,19H,(H,20,21). The summed E-state index contributed by atoms with van der Waals surface area (Å²) in [6, 6.07) is 17.1. The number of nitrogens with zero attached hydrogens (tertiary/aromatic N) is 2. The molecule has 0 amide bonds. The topological polar surface area (TPSA) is 75.3 Å². The first-order valence-electron chi connectivity index (χ1n) is 6.33. The van der Waals surface area contributed by atoms with E-state index < -0.39 is 5.97 Å². The van der Waals surface area contributed by atoms with Gasteiger partial charge >= 0.3 is 5.97 Å². The molecule has 0 spiro atoms. The lowest BCUT2D eigenvalue weighted by Gasteiger charge is -2.04. The smallest absolute Gasteiger partial charge is 0.354 e. The van der Waals surface area contributed by atoms with Gasteiger partial charge < -0.3 is 10.2 Å². The fourth-order valence-corrected chi connectivity index (χ4v) is 2.07. The van der Waals surface area contributed by atoms with Crippen molar-refractivity contribution in [2.75, 3.05) is 0 Å². The van der Waals surface area contributed by atoms with E-state index in [2.05, 4.69) is 5.10 Å². The first kappa shape index (κ1) is 12.9. The van der Waals surface area contributed by atoms with Gasteiger partial charge in [-0.1, -0.05) is 30.3 Å². The van der Waals surface area contributed by atoms with Gasteiger partial charge in [0, 0.05) is 5.56 Å². The van der Waals surface area contributed by atoms with E-state index in [1.807, 2.05) is 30.3 Å². The fourth-order valence-electron chi connectivity index (χ4n) is 2.07. The van der Waals surface area contributed by atoms with Crippen molar-refractivity contribution in [1.29, 1.82) is 0 Å². The number of carboxylic acids is 1. The van der Waals surface area contributed by atoms with Crippen LogP contribution in [0.25, 0.3) is 16.9 Å². The third kappa shape index (κ3) is 2.49. The summed E-state index contributed by atoms with van der Waals surface area (Å²) in [5.74, 6) is -0.941. The number of phenols is 1. The summed E-state index contributed by atoms with van der Waals surface area (Å²) in [4.78, 5) is 11.4. The Kier molecular flexibility index (Phi) is 3.16. The summed E-state index contributed by atoms with van der Waals surface area (Å²) in [7, 11) is 0. The number of rotatable bonds is 3. The maximum absolute atomic E-state index is 11.4. The van der Waals surface area contributed by atoms with E-state index in [0.29, 0.717) is 11.4 Å². The van der Waals surface area contributed by atoms with Crippen molar-refractivity contribution in [3.63, 3.8) is 0 Å². The largest absolute Gasteiger partial charge is 0.508 e. The van der Waals surface area contributed by atoms with Crippen molar-refractivity contribution in [3.05, 3.63) is 66.4 Å². The van der Waals surface area contributed by atoms with Crippen LogP contribution in [-0.2, 0) is 0 Å². The Hall–Kier alpha value is -3.08. The van der Waals surface area contributed by atoms with Crippen LogP contribution in [0.15, 0.2) is 60.7 Å². The van der Waals surface area contributed by atoms with Crippen LogP contribution in [0.2, 0.25) is 0 Å². The van der Waals surface area contributed by atoms with Gasteiger partial charge in [0.2, 0.25) is 0 Å². The van der Waals surface area contributed by atoms with Crippen molar-refractivity contribution in [1.82, 2.24) is 9.78 Å². The van der Waals surface area contributed by atoms with Crippen molar-refractivity contribution >= 4 is 5.97 Å². The number of benzene rings is 2. The molecule has 2 N–H and O–H groups in total. The van der Waals surface area contributed by atoms with Crippen molar-refractivity contribution < 1.29 is 15.0 Å². The molecule has 0 aliphatic carbocycles. The molecule has 5 nitrogen and oxygen atoms in total. The van der Waals surface area contributed by atoms with E-state index in [0.717, 1.165) is 5.56 Å². The highest BCUT2D eigenvalue weighted by atomic mass is 16.4. The van der Waals surface area contributed by atoms with Crippen molar-refractivity contribution in [2.24, 2.45) is 0 Å². The predicted molar refractivity (Wildman–Crippen MR) is 77.6 cm³/mol. The molecule has 0 unspecified atom stereocenters. The summed E-state index contributed by atoms with van der Waals surface area (Å²) >= 11 is 0. The van der Waals surface area contributed by atoms with E-state index in [1.54, 1.807) is 12.1 Å². The molecule has 0 saturated carbocycles. The molecule has 5 heteroatoms. The predicted octanol–water partition coefficient (Wildman–Crippen LogP) is 2.94. The lowest BCUT2D eigenvalue weighted by molar-refractivity contribution is 0.0687. The maximum Gasteiger partial charge on any atom is 0.354 e. The minimum atomic E-state index is -1.06. The molecule has 1 aromatic heterocycles. The monoisotopic (exact) mass is 280 g/mol. The normalized spacial score (nSPS) is 10.5. The lowest BCUT2D eigenvalue weighted by atomic mass is 10.1. The summed E-state index contributed by atoms with van der Waals surface area (Å²) in [6.07, 6.45) is 0. The van der Waals surface area contributed by atoms with E-state index in [9.17, 15) is 15.0 Å². The van der Waals surface area contributed by atoms with Gasteiger partial charge in [-0.15, -0.1) is 0 Å². The Morgan fingerprint density at radius 1 is 1.00 bits per heavy atom. The van der Waals surface area contributed by atoms with Crippen LogP contribution in [0, 0.1) is 0 Å². The fraction of sp³-hybridized carbons (Fsp3) is 0. The van der Waals surface area contributed by atoms with E-state index in [4.69, 9.17) is 0 Å². The van der Waals surface area contributed by atoms with E-state index >= 15 is 0 Å². The summed E-state index contributed by atoms with van der Waals surface area (Å²) in [5.41, 5.74) is 2.07. The van der Waals surface area contributed by atoms with Gasteiger partial charge in [0.1, 0.15) is 5.75 Å². The molecule has 1 heterocycles. The second kappa shape index (κ2) is 5.13. The van der Waals surface area contributed by atoms with Crippen molar-refractivity contribution in [2.45, 2.75) is 0 Å². The molecule has 0 bridgehead atoms. The van der Waals surface area contributed by atoms with Crippen LogP contribution in [0.1, 0.15) is 10.5 Å². The Labute approximate surface area is 120 Å². The van der Waals surface area contributed by atoms with Crippen LogP contribution in [0.4, 0.5) is 0 Å². The van der Waals surface area contributed by atoms with Gasteiger partial charge in [-0.05, 0) is 30.3 Å². The number of hydrogen-bond donors (Lipinski definition) is 2. The van der Waals surface area contributed by atoms with Gasteiger partial charge in [-0.2, -0.15) is 5.10 Å². The zero-order valence-corrected chi connectivity index (χ0v) is 11.0. The summed E-state index contributed by atoms with van der Waals surface area (Å²) in [5, 5.41) is 23.0. The maximum atomic E-state index is 11.4. The van der Waals surface area contributed by atoms with Crippen LogP contribution in [0.5, 0.6) is 5.75 Å². The molecule has 0 saturated heterocycles. The van der Waals surface area contributed by atoms with Gasteiger partial charge in [-0.3, -0.25) is 0 Å². The Bertz CT molecular complexity index is 777. The van der Waals surface area contributed by atoms with Gasteiger partial charge in [0.05, 0.1) is 11.4 Å². The number of aromatic carboxylic acids is 1. The highest BCUT2D eigenvalue weighted by Crippen LogP contribution is 2.22. The molecule has 0 radical (unpaired) electrons. The number of hydrogen-bond acceptors (Lipinski definition) is 3. The summed E-state index contributed by atoms with van der Waals surface area (Å²) < 4.78 is 1.35. The van der Waals surface area contributed by atoms with Crippen LogP contribution in [0.3, 0.4) is 0 Å². The molecule has 3 rings (SSSR count). The van der Waals surface area contributed by atoms with Crippen LogP contribution in [-0.4, -0.2) is 26.0 Å². The highest BCUT2D eigenvalue weighted by molar-refractivity contribution is 5.88. The molecule has 0 fully saturated rings. The quantitative estimate of drug-likeness (QED) is 0.773. The zero-order valence-electron chi connectivity index (χ0n) is 11.0.